The minimum absolute atomic E-state index is 0.00709. The first-order valence-electron chi connectivity index (χ1n) is 11.1. The van der Waals surface area contributed by atoms with Crippen molar-refractivity contribution >= 4 is 45.3 Å². The molecule has 3 amide bonds. The lowest BCUT2D eigenvalue weighted by atomic mass is 9.89. The number of nitrogens with one attached hydrogen (secondary N) is 2. The van der Waals surface area contributed by atoms with Crippen LogP contribution in [0.5, 0.6) is 0 Å². The molecule has 0 unspecified atom stereocenters. The Hall–Kier alpha value is -1.87. The van der Waals surface area contributed by atoms with E-state index >= 15 is 0 Å². The van der Waals surface area contributed by atoms with E-state index in [2.05, 4.69) is 31.4 Å². The van der Waals surface area contributed by atoms with E-state index in [0.29, 0.717) is 17.6 Å². The monoisotopic (exact) mass is 462 g/mol. The van der Waals surface area contributed by atoms with E-state index in [1.165, 1.54) is 22.2 Å². The molecule has 0 aliphatic heterocycles. The first-order valence-corrected chi connectivity index (χ1v) is 12.8. The third kappa shape index (κ3) is 4.98. The van der Waals surface area contributed by atoms with Crippen molar-refractivity contribution in [1.82, 2.24) is 20.2 Å². The number of fused-ring (bicyclic) bond motifs is 3. The van der Waals surface area contributed by atoms with Crippen LogP contribution in [-0.4, -0.2) is 32.8 Å². The summed E-state index contributed by atoms with van der Waals surface area (Å²) in [6, 6.07) is -0.272. The molecule has 31 heavy (non-hydrogen) atoms. The van der Waals surface area contributed by atoms with Gasteiger partial charge in [0, 0.05) is 17.5 Å². The van der Waals surface area contributed by atoms with Crippen LogP contribution in [0, 0.1) is 11.8 Å². The van der Waals surface area contributed by atoms with E-state index in [-0.39, 0.29) is 23.4 Å². The standard InChI is InChI=1S/C22H30N4O3S2/c1-11(2)10-26-20(28)17-15-8-5-12(3)9-16(15)31-19(17)25-22(26)30-13(4)18(27)24-21(29)23-14-6-7-14/h11-14H,5-10H2,1-4H3,(H2,23,24,27,29)/t12-,13+/m1/s1. The van der Waals surface area contributed by atoms with Gasteiger partial charge in [-0.3, -0.25) is 19.5 Å². The summed E-state index contributed by atoms with van der Waals surface area (Å²) in [5.41, 5.74) is 1.17. The fourth-order valence-electron chi connectivity index (χ4n) is 3.90. The molecular weight excluding hydrogens is 432 g/mol. The Bertz CT molecular complexity index is 1070. The summed E-state index contributed by atoms with van der Waals surface area (Å²) < 4.78 is 1.72. The number of thioether (sulfide) groups is 1. The van der Waals surface area contributed by atoms with Crippen molar-refractivity contribution in [2.45, 2.75) is 82.8 Å². The fourth-order valence-corrected chi connectivity index (χ4v) is 6.24. The van der Waals surface area contributed by atoms with Gasteiger partial charge in [-0.05, 0) is 56.4 Å². The predicted molar refractivity (Wildman–Crippen MR) is 125 cm³/mol. The van der Waals surface area contributed by atoms with Crippen LogP contribution < -0.4 is 16.2 Å². The van der Waals surface area contributed by atoms with Crippen LogP contribution in [0.1, 0.15) is 57.4 Å². The van der Waals surface area contributed by atoms with Gasteiger partial charge in [-0.2, -0.15) is 0 Å². The van der Waals surface area contributed by atoms with Gasteiger partial charge >= 0.3 is 6.03 Å². The number of amides is 3. The Labute approximate surface area is 190 Å². The van der Waals surface area contributed by atoms with Crippen molar-refractivity contribution in [3.63, 3.8) is 0 Å². The Balaban J connectivity index is 1.63. The molecule has 1 fully saturated rings. The van der Waals surface area contributed by atoms with Gasteiger partial charge in [-0.1, -0.05) is 32.5 Å². The maximum atomic E-state index is 13.5. The highest BCUT2D eigenvalue weighted by molar-refractivity contribution is 8.00. The molecule has 2 aliphatic carbocycles. The van der Waals surface area contributed by atoms with Crippen molar-refractivity contribution in [1.29, 1.82) is 0 Å². The van der Waals surface area contributed by atoms with Crippen LogP contribution in [0.25, 0.3) is 10.2 Å². The van der Waals surface area contributed by atoms with E-state index in [4.69, 9.17) is 4.98 Å². The van der Waals surface area contributed by atoms with Crippen molar-refractivity contribution in [3.8, 4) is 0 Å². The van der Waals surface area contributed by atoms with Gasteiger partial charge in [0.15, 0.2) is 5.16 Å². The highest BCUT2D eigenvalue weighted by Gasteiger charge is 2.28. The van der Waals surface area contributed by atoms with Gasteiger partial charge in [-0.25, -0.2) is 9.78 Å². The molecule has 2 heterocycles. The van der Waals surface area contributed by atoms with E-state index in [0.717, 1.165) is 42.3 Å². The van der Waals surface area contributed by atoms with Crippen LogP contribution in [0.4, 0.5) is 4.79 Å². The van der Waals surface area contributed by atoms with Crippen LogP contribution in [0.2, 0.25) is 0 Å². The first-order chi connectivity index (χ1) is 14.7. The summed E-state index contributed by atoms with van der Waals surface area (Å²) in [5, 5.41) is 5.91. The van der Waals surface area contributed by atoms with E-state index in [1.54, 1.807) is 22.8 Å². The highest BCUT2D eigenvalue weighted by Crippen LogP contribution is 2.37. The molecule has 0 aromatic carbocycles. The van der Waals surface area contributed by atoms with Gasteiger partial charge in [0.05, 0.1) is 10.6 Å². The van der Waals surface area contributed by atoms with Crippen molar-refractivity contribution in [2.24, 2.45) is 11.8 Å². The molecule has 168 valence electrons. The average Bonchev–Trinajstić information content (AvgIpc) is 3.42. The molecule has 2 atom stereocenters. The minimum atomic E-state index is -0.553. The maximum absolute atomic E-state index is 13.5. The van der Waals surface area contributed by atoms with Gasteiger partial charge in [0.2, 0.25) is 5.91 Å². The Morgan fingerprint density at radius 2 is 2.00 bits per heavy atom. The molecule has 0 bridgehead atoms. The lowest BCUT2D eigenvalue weighted by Crippen LogP contribution is -2.43. The first kappa shape index (κ1) is 22.3. The van der Waals surface area contributed by atoms with Crippen LogP contribution >= 0.6 is 23.1 Å². The molecule has 1 saturated carbocycles. The number of hydrogen-bond donors (Lipinski definition) is 2. The van der Waals surface area contributed by atoms with Crippen LogP contribution in [0.3, 0.4) is 0 Å². The predicted octanol–water partition coefficient (Wildman–Crippen LogP) is 3.71. The Morgan fingerprint density at radius 1 is 1.26 bits per heavy atom. The van der Waals surface area contributed by atoms with Crippen molar-refractivity contribution < 1.29 is 9.59 Å². The fraction of sp³-hybridized carbons (Fsp3) is 0.636. The molecule has 7 nitrogen and oxygen atoms in total. The average molecular weight is 463 g/mol. The molecule has 4 rings (SSSR count). The lowest BCUT2D eigenvalue weighted by molar-refractivity contribution is -0.119. The summed E-state index contributed by atoms with van der Waals surface area (Å²) in [6.07, 6.45) is 4.94. The van der Waals surface area contributed by atoms with Gasteiger partial charge < -0.3 is 5.32 Å². The number of nitrogens with zero attached hydrogens (tertiary/aromatic N) is 2. The summed E-state index contributed by atoms with van der Waals surface area (Å²) in [5.74, 6) is 0.505. The van der Waals surface area contributed by atoms with Crippen molar-refractivity contribution in [3.05, 3.63) is 20.8 Å². The zero-order valence-corrected chi connectivity index (χ0v) is 20.1. The quantitative estimate of drug-likeness (QED) is 0.504. The zero-order valence-electron chi connectivity index (χ0n) is 18.5. The van der Waals surface area contributed by atoms with E-state index < -0.39 is 11.3 Å². The molecule has 0 saturated heterocycles. The lowest BCUT2D eigenvalue weighted by Gasteiger charge is -2.18. The third-order valence-corrected chi connectivity index (χ3v) is 7.97. The molecule has 0 radical (unpaired) electrons. The Kier molecular flexibility index (Phi) is 6.44. The molecule has 2 aliphatic rings. The number of rotatable bonds is 6. The maximum Gasteiger partial charge on any atom is 0.321 e. The Morgan fingerprint density at radius 3 is 2.68 bits per heavy atom. The molecule has 0 spiro atoms. The topological polar surface area (TPSA) is 93.1 Å². The number of hydrogen-bond acceptors (Lipinski definition) is 6. The zero-order chi connectivity index (χ0) is 22.3. The van der Waals surface area contributed by atoms with Crippen LogP contribution in [-0.2, 0) is 24.2 Å². The second-order valence-electron chi connectivity index (χ2n) is 9.23. The molecule has 2 aromatic rings. The second-order valence-corrected chi connectivity index (χ2v) is 11.6. The van der Waals surface area contributed by atoms with Crippen LogP contribution in [0.15, 0.2) is 9.95 Å². The van der Waals surface area contributed by atoms with E-state index in [1.807, 2.05) is 0 Å². The number of aromatic nitrogens is 2. The largest absolute Gasteiger partial charge is 0.335 e. The third-order valence-electron chi connectivity index (χ3n) is 5.73. The number of imide groups is 1. The minimum Gasteiger partial charge on any atom is -0.335 e. The number of carbonyl (C=O) groups is 2. The van der Waals surface area contributed by atoms with Gasteiger partial charge in [0.25, 0.3) is 5.56 Å². The van der Waals surface area contributed by atoms with E-state index in [9.17, 15) is 14.4 Å². The number of thiophene rings is 1. The number of urea groups is 1. The molecule has 2 aromatic heterocycles. The normalized spacial score (nSPS) is 19.3. The van der Waals surface area contributed by atoms with Crippen molar-refractivity contribution in [2.75, 3.05) is 0 Å². The number of carbonyl (C=O) groups excluding carboxylic acids is 2. The van der Waals surface area contributed by atoms with Gasteiger partial charge in [0.1, 0.15) is 4.83 Å². The number of aryl methyl sites for hydroxylation is 1. The second kappa shape index (κ2) is 8.94. The smallest absolute Gasteiger partial charge is 0.321 e. The summed E-state index contributed by atoms with van der Waals surface area (Å²) in [6.45, 7) is 8.66. The summed E-state index contributed by atoms with van der Waals surface area (Å²) >= 11 is 2.86. The molecule has 2 N–H and O–H groups in total. The molecule has 9 heteroatoms. The van der Waals surface area contributed by atoms with Gasteiger partial charge in [-0.15, -0.1) is 11.3 Å². The molecular formula is C22H30N4O3S2. The highest BCUT2D eigenvalue weighted by atomic mass is 32.2. The summed E-state index contributed by atoms with van der Waals surface area (Å²) in [7, 11) is 0. The summed E-state index contributed by atoms with van der Waals surface area (Å²) in [4.78, 5) is 44.8. The SMILES string of the molecule is CC(C)Cn1c(S[C@@H](C)C(=O)NC(=O)NC2CC2)nc2sc3c(c2c1=O)CC[C@@H](C)C3.